The Morgan fingerprint density at radius 2 is 1.90 bits per heavy atom. The van der Waals surface area contributed by atoms with Crippen LogP contribution in [0.25, 0.3) is 16.9 Å². The first kappa shape index (κ1) is 21.9. The van der Waals surface area contributed by atoms with E-state index < -0.39 is 23.9 Å². The second-order valence-electron chi connectivity index (χ2n) is 7.37. The summed E-state index contributed by atoms with van der Waals surface area (Å²) in [7, 11) is 0. The fourth-order valence-corrected chi connectivity index (χ4v) is 3.31. The van der Waals surface area contributed by atoms with Crippen LogP contribution in [-0.2, 0) is 20.8 Å². The Morgan fingerprint density at radius 3 is 2.55 bits per heavy atom. The Bertz CT molecular complexity index is 1170. The number of fused-ring (bicyclic) bond motifs is 1. The molecule has 0 radical (unpaired) electrons. The van der Waals surface area contributed by atoms with Crippen LogP contribution < -0.4 is 5.32 Å². The minimum Gasteiger partial charge on any atom is -0.481 e. The van der Waals surface area contributed by atoms with Crippen LogP contribution in [-0.4, -0.2) is 43.5 Å². The molecule has 0 saturated heterocycles. The summed E-state index contributed by atoms with van der Waals surface area (Å²) < 4.78 is 15.5. The molecule has 3 aromatic rings. The zero-order chi connectivity index (χ0) is 22.7. The number of aryl methyl sites for hydroxylation is 2. The van der Waals surface area contributed by atoms with Crippen molar-refractivity contribution in [2.45, 2.75) is 39.2 Å². The number of pyridine rings is 1. The van der Waals surface area contributed by atoms with Crippen molar-refractivity contribution < 1.29 is 29.0 Å². The molecule has 1 unspecified atom stereocenters. The summed E-state index contributed by atoms with van der Waals surface area (Å²) in [5.74, 6) is -3.39. The number of carbonyl (C=O) groups excluding carboxylic acids is 1. The van der Waals surface area contributed by atoms with E-state index in [1.54, 1.807) is 29.5 Å². The van der Waals surface area contributed by atoms with Crippen molar-refractivity contribution in [2.24, 2.45) is 0 Å². The molecule has 0 aliphatic heterocycles. The van der Waals surface area contributed by atoms with Gasteiger partial charge < -0.3 is 19.9 Å². The quantitative estimate of drug-likeness (QED) is 0.508. The molecular weight excluding hydrogens is 405 g/mol. The van der Waals surface area contributed by atoms with Crippen LogP contribution in [0.3, 0.4) is 0 Å². The van der Waals surface area contributed by atoms with Crippen LogP contribution in [0.15, 0.2) is 36.5 Å². The van der Waals surface area contributed by atoms with E-state index in [1.165, 1.54) is 6.07 Å². The number of nitrogens with zero attached hydrogens (tertiary/aromatic N) is 2. The highest BCUT2D eigenvalue weighted by Gasteiger charge is 2.23. The molecular formula is C22H22FN3O5. The summed E-state index contributed by atoms with van der Waals surface area (Å²) in [6, 6.07) is 6.89. The molecule has 0 aliphatic carbocycles. The first-order valence-electron chi connectivity index (χ1n) is 9.63. The van der Waals surface area contributed by atoms with E-state index in [2.05, 4.69) is 10.3 Å². The first-order chi connectivity index (χ1) is 14.7. The number of aromatic nitrogens is 2. The first-order valence-corrected chi connectivity index (χ1v) is 9.63. The zero-order valence-electron chi connectivity index (χ0n) is 17.1. The number of hydrogen-bond donors (Lipinski definition) is 3. The number of nitrogens with one attached hydrogen (secondary N) is 1. The Labute approximate surface area is 177 Å². The number of halogens is 1. The number of imidazole rings is 1. The van der Waals surface area contributed by atoms with Crippen molar-refractivity contribution in [1.82, 2.24) is 14.7 Å². The molecule has 0 bridgehead atoms. The number of rotatable bonds is 8. The topological polar surface area (TPSA) is 121 Å². The van der Waals surface area contributed by atoms with Crippen molar-refractivity contribution in [1.29, 1.82) is 0 Å². The lowest BCUT2D eigenvalue weighted by Crippen LogP contribution is -2.42. The van der Waals surface area contributed by atoms with Gasteiger partial charge in [0.05, 0.1) is 17.8 Å². The van der Waals surface area contributed by atoms with Crippen LogP contribution in [0.4, 0.5) is 4.39 Å². The van der Waals surface area contributed by atoms with Gasteiger partial charge in [0, 0.05) is 18.2 Å². The molecule has 31 heavy (non-hydrogen) atoms. The van der Waals surface area contributed by atoms with Gasteiger partial charge in [-0.15, -0.1) is 0 Å². The second-order valence-corrected chi connectivity index (χ2v) is 7.37. The molecule has 3 rings (SSSR count). The molecule has 0 aliphatic rings. The number of hydrogen-bond acceptors (Lipinski definition) is 4. The van der Waals surface area contributed by atoms with Gasteiger partial charge in [-0.05, 0) is 55.7 Å². The van der Waals surface area contributed by atoms with Gasteiger partial charge in [0.1, 0.15) is 17.5 Å². The third-order valence-corrected chi connectivity index (χ3v) is 4.90. The van der Waals surface area contributed by atoms with Gasteiger partial charge in [-0.3, -0.25) is 9.59 Å². The predicted octanol–water partition coefficient (Wildman–Crippen LogP) is 2.73. The van der Waals surface area contributed by atoms with Crippen LogP contribution in [0.5, 0.6) is 0 Å². The maximum absolute atomic E-state index is 13.7. The third kappa shape index (κ3) is 5.06. The molecule has 2 aromatic heterocycles. The normalized spacial score (nSPS) is 12.0. The highest BCUT2D eigenvalue weighted by Crippen LogP contribution is 2.27. The lowest BCUT2D eigenvalue weighted by Gasteiger charge is -2.14. The van der Waals surface area contributed by atoms with Crippen LogP contribution in [0, 0.1) is 19.7 Å². The smallest absolute Gasteiger partial charge is 0.326 e. The molecule has 1 atom stereocenters. The van der Waals surface area contributed by atoms with Gasteiger partial charge >= 0.3 is 11.9 Å². The van der Waals surface area contributed by atoms with Crippen molar-refractivity contribution >= 4 is 23.5 Å². The summed E-state index contributed by atoms with van der Waals surface area (Å²) in [5.41, 5.74) is 3.58. The van der Waals surface area contributed by atoms with E-state index in [1.807, 2.05) is 19.2 Å². The van der Waals surface area contributed by atoms with Crippen LogP contribution in [0.2, 0.25) is 0 Å². The number of carbonyl (C=O) groups is 3. The van der Waals surface area contributed by atoms with Gasteiger partial charge in [0.25, 0.3) is 0 Å². The Kier molecular flexibility index (Phi) is 6.33. The molecule has 1 aromatic carbocycles. The van der Waals surface area contributed by atoms with Gasteiger partial charge in [0.2, 0.25) is 5.91 Å². The lowest BCUT2D eigenvalue weighted by molar-refractivity contribution is -0.143. The van der Waals surface area contributed by atoms with Crippen LogP contribution >= 0.6 is 0 Å². The fourth-order valence-electron chi connectivity index (χ4n) is 3.31. The summed E-state index contributed by atoms with van der Waals surface area (Å²) in [5, 5.41) is 20.5. The van der Waals surface area contributed by atoms with Gasteiger partial charge in [0.15, 0.2) is 0 Å². The molecule has 8 nitrogen and oxygen atoms in total. The van der Waals surface area contributed by atoms with E-state index in [0.29, 0.717) is 28.2 Å². The highest BCUT2D eigenvalue weighted by molar-refractivity contribution is 5.86. The molecule has 0 spiro atoms. The Morgan fingerprint density at radius 1 is 1.16 bits per heavy atom. The molecule has 0 fully saturated rings. The highest BCUT2D eigenvalue weighted by atomic mass is 19.1. The van der Waals surface area contributed by atoms with E-state index >= 15 is 0 Å². The number of amides is 1. The van der Waals surface area contributed by atoms with E-state index in [-0.39, 0.29) is 25.1 Å². The van der Waals surface area contributed by atoms with Gasteiger partial charge in [-0.25, -0.2) is 14.2 Å². The van der Waals surface area contributed by atoms with Crippen molar-refractivity contribution in [3.8, 4) is 11.3 Å². The monoisotopic (exact) mass is 427 g/mol. The molecule has 3 N–H and O–H groups in total. The Hall–Kier alpha value is -3.75. The minimum absolute atomic E-state index is 0.187. The number of carboxylic acid groups (broad SMARTS) is 2. The molecule has 9 heteroatoms. The van der Waals surface area contributed by atoms with Crippen molar-refractivity contribution in [3.63, 3.8) is 0 Å². The van der Waals surface area contributed by atoms with Gasteiger partial charge in [-0.1, -0.05) is 6.07 Å². The minimum atomic E-state index is -1.32. The fraction of sp³-hybridized carbons (Fsp3) is 0.273. The zero-order valence-corrected chi connectivity index (χ0v) is 17.1. The predicted molar refractivity (Wildman–Crippen MR) is 110 cm³/mol. The largest absolute Gasteiger partial charge is 0.481 e. The van der Waals surface area contributed by atoms with E-state index in [4.69, 9.17) is 5.11 Å². The van der Waals surface area contributed by atoms with Crippen molar-refractivity contribution in [2.75, 3.05) is 0 Å². The van der Waals surface area contributed by atoms with E-state index in [0.717, 1.165) is 5.56 Å². The van der Waals surface area contributed by atoms with Crippen LogP contribution in [0.1, 0.15) is 29.7 Å². The van der Waals surface area contributed by atoms with Crippen molar-refractivity contribution in [3.05, 3.63) is 59.2 Å². The summed E-state index contributed by atoms with van der Waals surface area (Å²) in [4.78, 5) is 39.4. The summed E-state index contributed by atoms with van der Waals surface area (Å²) >= 11 is 0. The maximum atomic E-state index is 13.7. The average molecular weight is 427 g/mol. The Balaban J connectivity index is 1.96. The summed E-state index contributed by atoms with van der Waals surface area (Å²) in [6.07, 6.45) is 1.01. The molecule has 2 heterocycles. The number of aliphatic carboxylic acids is 2. The molecule has 162 valence electrons. The maximum Gasteiger partial charge on any atom is 0.326 e. The summed E-state index contributed by atoms with van der Waals surface area (Å²) in [6.45, 7) is 3.52. The SMILES string of the molecule is Cc1ccc2nc(-c3ccc(F)c(C)c3)c(CC(=O)NC(CCC(=O)O)C(=O)O)n2c1. The number of benzene rings is 1. The molecule has 0 saturated carbocycles. The average Bonchev–Trinajstić information content (AvgIpc) is 3.04. The number of carboxylic acids is 2. The molecule has 1 amide bonds. The lowest BCUT2D eigenvalue weighted by atomic mass is 10.0. The third-order valence-electron chi connectivity index (χ3n) is 4.90. The van der Waals surface area contributed by atoms with E-state index in [9.17, 15) is 23.9 Å². The van der Waals surface area contributed by atoms with Gasteiger partial charge in [-0.2, -0.15) is 0 Å². The standard InChI is InChI=1S/C22H22FN3O5/c1-12-3-7-18-25-21(14-4-5-15(23)13(2)9-14)17(26(18)11-12)10-19(27)24-16(22(30)31)6-8-20(28)29/h3-5,7,9,11,16H,6,8,10H2,1-2H3,(H,24,27)(H,28,29)(H,30,31). The second kappa shape index (κ2) is 8.95.